The van der Waals surface area contributed by atoms with Crippen molar-refractivity contribution in [1.29, 1.82) is 0 Å². The molecule has 0 rings (SSSR count). The highest BCUT2D eigenvalue weighted by Gasteiger charge is 2.31. The first-order valence-electron chi connectivity index (χ1n) is 6.16. The van der Waals surface area contributed by atoms with Crippen LogP contribution in [-0.2, 0) is 46.0 Å². The quantitative estimate of drug-likeness (QED) is 0.549. The van der Waals surface area contributed by atoms with E-state index >= 15 is 0 Å². The minimum absolute atomic E-state index is 0.394. The number of rotatable bonds is 10. The first-order valence-corrected chi connectivity index (χ1v) is 11.3. The van der Waals surface area contributed by atoms with Crippen molar-refractivity contribution >= 4 is 43.1 Å². The largest absolute Gasteiger partial charge is 0.465 e. The summed E-state index contributed by atoms with van der Waals surface area (Å²) in [6.45, 7) is 3.09. The molecule has 0 aromatic rings. The molecule has 0 aromatic heterocycles. The Hall–Kier alpha value is 0.370. The van der Waals surface area contributed by atoms with Crippen molar-refractivity contribution in [2.24, 2.45) is 5.73 Å². The second-order valence-electron chi connectivity index (χ2n) is 2.99. The lowest BCUT2D eigenvalue weighted by atomic mass is 10.9. The number of primary amides is 1. The molecule has 0 heterocycles. The Balaban J connectivity index is 0. The van der Waals surface area contributed by atoms with E-state index < -0.39 is 19.5 Å². The van der Waals surface area contributed by atoms with E-state index in [1.54, 1.807) is 0 Å². The molecule has 8 nitrogen and oxygen atoms in total. The minimum atomic E-state index is -2.87. The van der Waals surface area contributed by atoms with Gasteiger partial charge in [0.05, 0.1) is 26.4 Å². The molecule has 0 fully saturated rings. The molecule has 1 amide bonds. The Morgan fingerprint density at radius 1 is 0.905 bits per heavy atom. The molecule has 3 N–H and O–H groups in total. The van der Waals surface area contributed by atoms with E-state index in [-0.39, 0.29) is 0 Å². The summed E-state index contributed by atoms with van der Waals surface area (Å²) in [5.41, 5.74) is 4.03. The van der Waals surface area contributed by atoms with Gasteiger partial charge < -0.3 is 28.9 Å². The number of nitrogens with two attached hydrogens (primary N) is 1. The van der Waals surface area contributed by atoms with Gasteiger partial charge in [-0.25, -0.2) is 9.11 Å². The summed E-state index contributed by atoms with van der Waals surface area (Å²) in [4.78, 5) is 8.78. The Bertz CT molecular complexity index is 331. The van der Waals surface area contributed by atoms with Crippen LogP contribution in [0.15, 0.2) is 0 Å². The number of hydrogen-bond donors (Lipinski definition) is 2. The van der Waals surface area contributed by atoms with Gasteiger partial charge in [-0.05, 0) is 51.3 Å². The molecule has 0 saturated heterocycles. The highest BCUT2D eigenvalue weighted by molar-refractivity contribution is 8.14. The Labute approximate surface area is 135 Å². The second kappa shape index (κ2) is 12.9. The zero-order valence-electron chi connectivity index (χ0n) is 12.5. The Morgan fingerprint density at radius 3 is 1.24 bits per heavy atom. The second-order valence-corrected chi connectivity index (χ2v) is 9.14. The third-order valence-corrected chi connectivity index (χ3v) is 7.71. The van der Waals surface area contributed by atoms with Crippen LogP contribution in [0.1, 0.15) is 27.7 Å². The fourth-order valence-electron chi connectivity index (χ4n) is 0.924. The summed E-state index contributed by atoms with van der Waals surface area (Å²) in [6.07, 6.45) is -1.33. The lowest BCUT2D eigenvalue weighted by Gasteiger charge is -2.27. The molecule has 0 saturated carbocycles. The molecule has 0 bridgehead atoms. The van der Waals surface area contributed by atoms with Crippen LogP contribution in [-0.4, -0.2) is 37.6 Å². The van der Waals surface area contributed by atoms with E-state index in [0.29, 0.717) is 26.4 Å². The molecule has 0 aliphatic carbocycles. The Morgan fingerprint density at radius 2 is 1.10 bits per heavy atom. The van der Waals surface area contributed by atoms with Crippen molar-refractivity contribution in [2.45, 2.75) is 27.7 Å². The molecule has 0 aromatic carbocycles. The van der Waals surface area contributed by atoms with Crippen LogP contribution in [0.3, 0.4) is 0 Å². The predicted molar refractivity (Wildman–Crippen MR) is 88.4 cm³/mol. The van der Waals surface area contributed by atoms with Crippen molar-refractivity contribution in [1.82, 2.24) is 0 Å². The topological polar surface area (TPSA) is 109 Å². The normalized spacial score (nSPS) is 11.6. The van der Waals surface area contributed by atoms with Crippen LogP contribution < -0.4 is 5.73 Å². The van der Waals surface area contributed by atoms with E-state index in [2.05, 4.69) is 5.73 Å². The SMILES string of the molecule is CCOP(=S)(OCC)OP(=S)(OCC)OCC.NC(=O)O. The van der Waals surface area contributed by atoms with E-state index in [0.717, 1.165) is 0 Å². The highest BCUT2D eigenvalue weighted by Crippen LogP contribution is 2.66. The van der Waals surface area contributed by atoms with Gasteiger partial charge in [0.25, 0.3) is 0 Å². The van der Waals surface area contributed by atoms with Crippen molar-refractivity contribution in [3.8, 4) is 0 Å². The molecule has 0 unspecified atom stereocenters. The molecule has 0 radical (unpaired) electrons. The summed E-state index contributed by atoms with van der Waals surface area (Å²) in [5, 5.41) is 7.19. The molecular formula is C9H23NO7P2S2. The smallest absolute Gasteiger partial charge is 0.402 e. The summed E-state index contributed by atoms with van der Waals surface area (Å²) >= 11 is 10.4. The standard InChI is InChI=1S/C8H20O5P2S2.CH3NO2/c1-5-9-14(16,10-6-2)13-15(17,11-7-3)12-8-4;2-1(3)4/h5-8H2,1-4H3;2H2,(H,3,4). The van der Waals surface area contributed by atoms with Crippen molar-refractivity contribution < 1.29 is 32.3 Å². The van der Waals surface area contributed by atoms with Gasteiger partial charge in [-0.15, -0.1) is 0 Å². The van der Waals surface area contributed by atoms with Crippen LogP contribution in [0.4, 0.5) is 4.79 Å². The lowest BCUT2D eigenvalue weighted by molar-refractivity contribution is 0.176. The van der Waals surface area contributed by atoms with Crippen molar-refractivity contribution in [3.63, 3.8) is 0 Å². The molecule has 0 aliphatic rings. The number of carbonyl (C=O) groups is 1. The molecule has 0 aliphatic heterocycles. The van der Waals surface area contributed by atoms with Gasteiger partial charge in [0.1, 0.15) is 0 Å². The lowest BCUT2D eigenvalue weighted by Crippen LogP contribution is -2.03. The average Bonchev–Trinajstić information content (AvgIpc) is 2.28. The highest BCUT2D eigenvalue weighted by atomic mass is 32.5. The molecular weight excluding hydrogens is 360 g/mol. The average molecular weight is 383 g/mol. The maximum Gasteiger partial charge on any atom is 0.402 e. The maximum atomic E-state index is 8.78. The number of amides is 1. The van der Waals surface area contributed by atoms with Gasteiger partial charge in [-0.2, -0.15) is 0 Å². The zero-order valence-corrected chi connectivity index (χ0v) is 15.9. The van der Waals surface area contributed by atoms with E-state index in [1.807, 2.05) is 27.7 Å². The van der Waals surface area contributed by atoms with Gasteiger partial charge in [-0.1, -0.05) is 0 Å². The van der Waals surface area contributed by atoms with Crippen molar-refractivity contribution in [2.75, 3.05) is 26.4 Å². The van der Waals surface area contributed by atoms with Crippen LogP contribution in [0.2, 0.25) is 0 Å². The minimum Gasteiger partial charge on any atom is -0.465 e. The van der Waals surface area contributed by atoms with Crippen LogP contribution in [0, 0.1) is 0 Å². The van der Waals surface area contributed by atoms with Crippen LogP contribution >= 0.6 is 13.4 Å². The summed E-state index contributed by atoms with van der Waals surface area (Å²) in [6, 6.07) is 0. The van der Waals surface area contributed by atoms with Gasteiger partial charge >= 0.3 is 19.5 Å². The third kappa shape index (κ3) is 13.7. The zero-order chi connectivity index (χ0) is 16.9. The third-order valence-electron chi connectivity index (χ3n) is 1.35. The van der Waals surface area contributed by atoms with E-state index in [4.69, 9.17) is 55.9 Å². The number of hydrogen-bond acceptors (Lipinski definition) is 8. The summed E-state index contributed by atoms with van der Waals surface area (Å²) in [5.74, 6) is 0. The molecule has 0 atom stereocenters. The van der Waals surface area contributed by atoms with Crippen molar-refractivity contribution in [3.05, 3.63) is 0 Å². The van der Waals surface area contributed by atoms with E-state index in [9.17, 15) is 0 Å². The predicted octanol–water partition coefficient (Wildman–Crippen LogP) is 3.22. The first-order chi connectivity index (χ1) is 9.68. The monoisotopic (exact) mass is 383 g/mol. The fourth-order valence-corrected chi connectivity index (χ4v) is 7.30. The Kier molecular flexibility index (Phi) is 14.5. The summed E-state index contributed by atoms with van der Waals surface area (Å²) in [7, 11) is 0. The first kappa shape index (κ1) is 23.6. The van der Waals surface area contributed by atoms with Gasteiger partial charge in [0.2, 0.25) is 0 Å². The molecule has 128 valence electrons. The van der Waals surface area contributed by atoms with Crippen LogP contribution in [0.25, 0.3) is 0 Å². The van der Waals surface area contributed by atoms with Gasteiger partial charge in [0.15, 0.2) is 0 Å². The molecule has 21 heavy (non-hydrogen) atoms. The maximum absolute atomic E-state index is 8.78. The molecule has 12 heteroatoms. The fraction of sp³-hybridized carbons (Fsp3) is 0.889. The van der Waals surface area contributed by atoms with Crippen LogP contribution in [0.5, 0.6) is 0 Å². The number of carboxylic acid groups (broad SMARTS) is 1. The van der Waals surface area contributed by atoms with E-state index in [1.165, 1.54) is 0 Å². The van der Waals surface area contributed by atoms with Gasteiger partial charge in [0, 0.05) is 0 Å². The summed E-state index contributed by atoms with van der Waals surface area (Å²) < 4.78 is 26.9. The van der Waals surface area contributed by atoms with Gasteiger partial charge in [-0.3, -0.25) is 0 Å². The molecule has 0 spiro atoms.